The summed E-state index contributed by atoms with van der Waals surface area (Å²) in [6, 6.07) is 4.11. The van der Waals surface area contributed by atoms with Crippen molar-refractivity contribution in [1.82, 2.24) is 5.32 Å². The zero-order chi connectivity index (χ0) is 16.3. The third kappa shape index (κ3) is 3.63. The van der Waals surface area contributed by atoms with E-state index in [1.165, 1.54) is 19.3 Å². The van der Waals surface area contributed by atoms with Crippen molar-refractivity contribution in [3.05, 3.63) is 28.8 Å². The zero-order valence-corrected chi connectivity index (χ0v) is 14.6. The largest absolute Gasteiger partial charge is 0.496 e. The van der Waals surface area contributed by atoms with Crippen molar-refractivity contribution in [3.63, 3.8) is 0 Å². The van der Waals surface area contributed by atoms with Crippen LogP contribution in [0.5, 0.6) is 5.75 Å². The van der Waals surface area contributed by atoms with Crippen LogP contribution in [0.15, 0.2) is 12.1 Å². The lowest BCUT2D eigenvalue weighted by molar-refractivity contribution is -0.123. The second kappa shape index (κ2) is 6.72. The van der Waals surface area contributed by atoms with Gasteiger partial charge in [-0.15, -0.1) is 0 Å². The summed E-state index contributed by atoms with van der Waals surface area (Å²) in [4.78, 5) is 12.6. The third-order valence-corrected chi connectivity index (χ3v) is 5.23. The van der Waals surface area contributed by atoms with E-state index in [1.807, 2.05) is 19.9 Å². The first kappa shape index (κ1) is 16.9. The summed E-state index contributed by atoms with van der Waals surface area (Å²) >= 11 is 0. The number of amides is 1. The SMILES string of the molecule is COc1cc(C)cc(C)c1CC(=O)NC1(C)CCCCC1C. The number of hydrogen-bond donors (Lipinski definition) is 1. The summed E-state index contributed by atoms with van der Waals surface area (Å²) in [5.74, 6) is 1.45. The molecule has 2 atom stereocenters. The number of rotatable bonds is 4. The first-order valence-electron chi connectivity index (χ1n) is 8.31. The van der Waals surface area contributed by atoms with Gasteiger partial charge in [-0.2, -0.15) is 0 Å². The molecule has 0 bridgehead atoms. The van der Waals surface area contributed by atoms with Crippen LogP contribution < -0.4 is 10.1 Å². The van der Waals surface area contributed by atoms with Crippen molar-refractivity contribution < 1.29 is 9.53 Å². The molecule has 1 amide bonds. The highest BCUT2D eigenvalue weighted by Crippen LogP contribution is 2.33. The van der Waals surface area contributed by atoms with Gasteiger partial charge in [0.05, 0.1) is 13.5 Å². The molecule has 22 heavy (non-hydrogen) atoms. The van der Waals surface area contributed by atoms with E-state index < -0.39 is 0 Å². The fourth-order valence-electron chi connectivity index (χ4n) is 3.58. The molecule has 2 rings (SSSR count). The number of ether oxygens (including phenoxy) is 1. The van der Waals surface area contributed by atoms with Crippen molar-refractivity contribution in [2.75, 3.05) is 7.11 Å². The minimum absolute atomic E-state index is 0.0683. The van der Waals surface area contributed by atoms with Crippen molar-refractivity contribution in [3.8, 4) is 5.75 Å². The Morgan fingerprint density at radius 3 is 2.73 bits per heavy atom. The lowest BCUT2D eigenvalue weighted by atomic mass is 9.75. The van der Waals surface area contributed by atoms with Crippen molar-refractivity contribution >= 4 is 5.91 Å². The van der Waals surface area contributed by atoms with E-state index in [-0.39, 0.29) is 11.4 Å². The maximum Gasteiger partial charge on any atom is 0.225 e. The van der Waals surface area contributed by atoms with Crippen LogP contribution in [0.1, 0.15) is 56.2 Å². The van der Waals surface area contributed by atoms with E-state index in [2.05, 4.69) is 25.2 Å². The number of carbonyl (C=O) groups excluding carboxylic acids is 1. The number of aryl methyl sites for hydroxylation is 2. The molecule has 1 aromatic carbocycles. The van der Waals surface area contributed by atoms with Crippen LogP contribution in [-0.2, 0) is 11.2 Å². The Labute approximate surface area is 134 Å². The molecule has 1 saturated carbocycles. The number of hydrogen-bond acceptors (Lipinski definition) is 2. The van der Waals surface area contributed by atoms with E-state index in [1.54, 1.807) is 7.11 Å². The Morgan fingerprint density at radius 1 is 1.36 bits per heavy atom. The zero-order valence-electron chi connectivity index (χ0n) is 14.6. The predicted molar refractivity (Wildman–Crippen MR) is 90.4 cm³/mol. The third-order valence-electron chi connectivity index (χ3n) is 5.23. The van der Waals surface area contributed by atoms with E-state index in [0.717, 1.165) is 28.9 Å². The maximum atomic E-state index is 12.6. The van der Waals surface area contributed by atoms with E-state index >= 15 is 0 Å². The normalized spacial score (nSPS) is 24.9. The molecule has 3 nitrogen and oxygen atoms in total. The highest BCUT2D eigenvalue weighted by atomic mass is 16.5. The molecule has 0 saturated heterocycles. The fraction of sp³-hybridized carbons (Fsp3) is 0.632. The molecule has 0 radical (unpaired) electrons. The molecule has 0 aromatic heterocycles. The van der Waals surface area contributed by atoms with Crippen LogP contribution in [0.2, 0.25) is 0 Å². The summed E-state index contributed by atoms with van der Waals surface area (Å²) in [5, 5.41) is 3.29. The molecule has 122 valence electrons. The topological polar surface area (TPSA) is 38.3 Å². The fourth-order valence-corrected chi connectivity index (χ4v) is 3.58. The number of methoxy groups -OCH3 is 1. The first-order valence-corrected chi connectivity index (χ1v) is 8.31. The van der Waals surface area contributed by atoms with Gasteiger partial charge < -0.3 is 10.1 Å². The summed E-state index contributed by atoms with van der Waals surface area (Å²) < 4.78 is 5.46. The standard InChI is InChI=1S/C19H29NO2/c1-13-10-14(2)16(17(11-13)22-5)12-18(21)20-19(4)9-7-6-8-15(19)3/h10-11,15H,6-9,12H2,1-5H3,(H,20,21). The second-order valence-electron chi connectivity index (χ2n) is 7.05. The van der Waals surface area contributed by atoms with Gasteiger partial charge in [0.2, 0.25) is 5.91 Å². The van der Waals surface area contributed by atoms with Crippen molar-refractivity contribution in [1.29, 1.82) is 0 Å². The summed E-state index contributed by atoms with van der Waals surface area (Å²) in [6.07, 6.45) is 5.14. The van der Waals surface area contributed by atoms with Crippen LogP contribution >= 0.6 is 0 Å². The minimum atomic E-state index is -0.0683. The van der Waals surface area contributed by atoms with Gasteiger partial charge in [-0.3, -0.25) is 4.79 Å². The molecule has 0 heterocycles. The summed E-state index contributed by atoms with van der Waals surface area (Å²) in [5.41, 5.74) is 3.21. The highest BCUT2D eigenvalue weighted by Gasteiger charge is 2.34. The molecule has 1 N–H and O–H groups in total. The summed E-state index contributed by atoms with van der Waals surface area (Å²) in [6.45, 7) is 8.53. The van der Waals surface area contributed by atoms with E-state index in [0.29, 0.717) is 12.3 Å². The van der Waals surface area contributed by atoms with Gasteiger partial charge in [0.25, 0.3) is 0 Å². The van der Waals surface area contributed by atoms with Crippen LogP contribution in [0.4, 0.5) is 0 Å². The average Bonchev–Trinajstić information content (AvgIpc) is 2.44. The van der Waals surface area contributed by atoms with Gasteiger partial charge in [0.15, 0.2) is 0 Å². The molecule has 1 fully saturated rings. The van der Waals surface area contributed by atoms with Crippen LogP contribution in [0.3, 0.4) is 0 Å². The van der Waals surface area contributed by atoms with Crippen molar-refractivity contribution in [2.24, 2.45) is 5.92 Å². The molecule has 0 spiro atoms. The van der Waals surface area contributed by atoms with Crippen molar-refractivity contribution in [2.45, 2.75) is 65.3 Å². The van der Waals surface area contributed by atoms with Gasteiger partial charge in [-0.05, 0) is 56.7 Å². The maximum absolute atomic E-state index is 12.6. The molecule has 1 aliphatic rings. The molecule has 2 unspecified atom stereocenters. The smallest absolute Gasteiger partial charge is 0.225 e. The number of carbonyl (C=O) groups is 1. The Bertz CT molecular complexity index is 553. The van der Waals surface area contributed by atoms with E-state index in [4.69, 9.17) is 4.74 Å². The Balaban J connectivity index is 2.12. The Morgan fingerprint density at radius 2 is 2.09 bits per heavy atom. The minimum Gasteiger partial charge on any atom is -0.496 e. The summed E-state index contributed by atoms with van der Waals surface area (Å²) in [7, 11) is 1.67. The van der Waals surface area contributed by atoms with Crippen LogP contribution in [-0.4, -0.2) is 18.6 Å². The second-order valence-corrected chi connectivity index (χ2v) is 7.05. The molecule has 0 aliphatic heterocycles. The lowest BCUT2D eigenvalue weighted by Crippen LogP contribution is -2.52. The number of nitrogens with one attached hydrogen (secondary N) is 1. The van der Waals surface area contributed by atoms with E-state index in [9.17, 15) is 4.79 Å². The molecule has 1 aromatic rings. The quantitative estimate of drug-likeness (QED) is 0.915. The van der Waals surface area contributed by atoms with Gasteiger partial charge in [0.1, 0.15) is 5.75 Å². The Kier molecular flexibility index (Phi) is 5.15. The van der Waals surface area contributed by atoms with Gasteiger partial charge in [-0.25, -0.2) is 0 Å². The van der Waals surface area contributed by atoms with Gasteiger partial charge in [0, 0.05) is 11.1 Å². The first-order chi connectivity index (χ1) is 10.4. The van der Waals surface area contributed by atoms with Crippen LogP contribution in [0, 0.1) is 19.8 Å². The molecular formula is C19H29NO2. The molecule has 1 aliphatic carbocycles. The average molecular weight is 303 g/mol. The monoisotopic (exact) mass is 303 g/mol. The lowest BCUT2D eigenvalue weighted by Gasteiger charge is -2.40. The highest BCUT2D eigenvalue weighted by molar-refractivity contribution is 5.80. The Hall–Kier alpha value is -1.51. The van der Waals surface area contributed by atoms with Gasteiger partial charge in [-0.1, -0.05) is 25.8 Å². The predicted octanol–water partition coefficient (Wildman–Crippen LogP) is 3.94. The van der Waals surface area contributed by atoms with Gasteiger partial charge >= 0.3 is 0 Å². The number of benzene rings is 1. The van der Waals surface area contributed by atoms with Crippen LogP contribution in [0.25, 0.3) is 0 Å². The molecule has 3 heteroatoms. The molecular weight excluding hydrogens is 274 g/mol.